The van der Waals surface area contributed by atoms with Crippen LogP contribution in [-0.2, 0) is 9.59 Å². The summed E-state index contributed by atoms with van der Waals surface area (Å²) >= 11 is 6.19. The maximum atomic E-state index is 13.0. The fourth-order valence-electron chi connectivity index (χ4n) is 3.89. The lowest BCUT2D eigenvalue weighted by Gasteiger charge is -2.26. The molecule has 0 spiro atoms. The second-order valence-electron chi connectivity index (χ2n) is 7.77. The number of rotatable bonds is 6. The Labute approximate surface area is 185 Å². The van der Waals surface area contributed by atoms with E-state index in [-0.39, 0.29) is 18.1 Å². The highest BCUT2D eigenvalue weighted by atomic mass is 35.5. The number of carbonyl (C=O) groups is 2. The van der Waals surface area contributed by atoms with Crippen molar-refractivity contribution in [1.29, 1.82) is 0 Å². The molecule has 2 aliphatic heterocycles. The van der Waals surface area contributed by atoms with Crippen LogP contribution < -0.4 is 9.47 Å². The normalized spacial score (nSPS) is 19.5. The number of ether oxygens (including phenoxy) is 2. The number of aliphatic hydroxyl groups excluding tert-OH is 1. The van der Waals surface area contributed by atoms with E-state index < -0.39 is 17.7 Å². The van der Waals surface area contributed by atoms with E-state index in [0.717, 1.165) is 6.54 Å². The molecule has 2 aliphatic rings. The van der Waals surface area contributed by atoms with Crippen molar-refractivity contribution in [1.82, 2.24) is 9.80 Å². The molecule has 2 aromatic carbocycles. The van der Waals surface area contributed by atoms with Gasteiger partial charge in [-0.2, -0.15) is 0 Å². The summed E-state index contributed by atoms with van der Waals surface area (Å²) < 4.78 is 10.7. The Hall–Kier alpha value is -3.03. The van der Waals surface area contributed by atoms with E-state index in [1.165, 1.54) is 4.90 Å². The van der Waals surface area contributed by atoms with Gasteiger partial charge in [0.15, 0.2) is 11.5 Å². The van der Waals surface area contributed by atoms with Crippen LogP contribution in [0.15, 0.2) is 48.0 Å². The van der Waals surface area contributed by atoms with E-state index in [9.17, 15) is 14.7 Å². The monoisotopic (exact) mass is 442 g/mol. The summed E-state index contributed by atoms with van der Waals surface area (Å²) in [5.74, 6) is -0.566. The van der Waals surface area contributed by atoms with Crippen LogP contribution in [0.1, 0.15) is 23.6 Å². The van der Waals surface area contributed by atoms with Crippen molar-refractivity contribution in [2.75, 3.05) is 34.0 Å². The SMILES string of the molecule is CN(C)CCCN1C(=O)C(=O)/C(=C(\O)c2ccc3c(c2)OCO3)C1c1cccc(Cl)c1. The molecule has 1 saturated heterocycles. The predicted molar refractivity (Wildman–Crippen MR) is 116 cm³/mol. The number of amides is 1. The molecule has 1 N–H and O–H groups in total. The molecule has 2 heterocycles. The highest BCUT2D eigenvalue weighted by molar-refractivity contribution is 6.46. The third-order valence-corrected chi connectivity index (χ3v) is 5.59. The quantitative estimate of drug-likeness (QED) is 0.419. The van der Waals surface area contributed by atoms with Crippen molar-refractivity contribution in [2.45, 2.75) is 12.5 Å². The molecule has 0 bridgehead atoms. The van der Waals surface area contributed by atoms with Crippen LogP contribution in [0.5, 0.6) is 11.5 Å². The molecule has 0 aliphatic carbocycles. The van der Waals surface area contributed by atoms with Crippen LogP contribution in [0.25, 0.3) is 5.76 Å². The molecule has 31 heavy (non-hydrogen) atoms. The van der Waals surface area contributed by atoms with Crippen molar-refractivity contribution < 1.29 is 24.2 Å². The minimum absolute atomic E-state index is 0.0379. The molecule has 4 rings (SSSR count). The number of nitrogens with zero attached hydrogens (tertiary/aromatic N) is 2. The van der Waals surface area contributed by atoms with E-state index >= 15 is 0 Å². The maximum Gasteiger partial charge on any atom is 0.295 e. The summed E-state index contributed by atoms with van der Waals surface area (Å²) in [4.78, 5) is 29.5. The number of benzene rings is 2. The van der Waals surface area contributed by atoms with Crippen LogP contribution in [0, 0.1) is 0 Å². The van der Waals surface area contributed by atoms with E-state index in [2.05, 4.69) is 0 Å². The van der Waals surface area contributed by atoms with Gasteiger partial charge in [-0.05, 0) is 63.0 Å². The number of halogens is 1. The highest BCUT2D eigenvalue weighted by Gasteiger charge is 2.45. The van der Waals surface area contributed by atoms with E-state index in [1.54, 1.807) is 42.5 Å². The Kier molecular flexibility index (Phi) is 5.89. The van der Waals surface area contributed by atoms with E-state index in [0.29, 0.717) is 40.6 Å². The van der Waals surface area contributed by atoms with Crippen LogP contribution in [0.3, 0.4) is 0 Å². The summed E-state index contributed by atoms with van der Waals surface area (Å²) in [6, 6.07) is 11.2. The van der Waals surface area contributed by atoms with Crippen LogP contribution in [0.4, 0.5) is 0 Å². The highest BCUT2D eigenvalue weighted by Crippen LogP contribution is 2.41. The Morgan fingerprint density at radius 2 is 1.94 bits per heavy atom. The predicted octanol–water partition coefficient (Wildman–Crippen LogP) is 3.44. The number of ketones is 1. The van der Waals surface area contributed by atoms with Gasteiger partial charge in [0.25, 0.3) is 11.7 Å². The number of likely N-dealkylation sites (tertiary alicyclic amines) is 1. The van der Waals surface area contributed by atoms with Crippen LogP contribution in [0.2, 0.25) is 5.02 Å². The Morgan fingerprint density at radius 1 is 1.16 bits per heavy atom. The first-order valence-corrected chi connectivity index (χ1v) is 10.3. The van der Waals surface area contributed by atoms with Crippen molar-refractivity contribution in [2.24, 2.45) is 0 Å². The number of carbonyl (C=O) groups excluding carboxylic acids is 2. The van der Waals surface area contributed by atoms with Gasteiger partial charge in [0.2, 0.25) is 6.79 Å². The topological polar surface area (TPSA) is 79.3 Å². The van der Waals surface area contributed by atoms with Gasteiger partial charge in [0, 0.05) is 17.1 Å². The summed E-state index contributed by atoms with van der Waals surface area (Å²) in [6.45, 7) is 1.23. The minimum atomic E-state index is -0.730. The molecule has 1 atom stereocenters. The van der Waals surface area contributed by atoms with Crippen LogP contribution >= 0.6 is 11.6 Å². The first kappa shape index (κ1) is 21.2. The average molecular weight is 443 g/mol. The Morgan fingerprint density at radius 3 is 2.68 bits per heavy atom. The lowest BCUT2D eigenvalue weighted by atomic mass is 9.95. The van der Waals surface area contributed by atoms with Crippen LogP contribution in [-0.4, -0.2) is 60.6 Å². The van der Waals surface area contributed by atoms with Crippen molar-refractivity contribution in [3.05, 3.63) is 64.2 Å². The zero-order valence-corrected chi connectivity index (χ0v) is 18.1. The average Bonchev–Trinajstić information content (AvgIpc) is 3.30. The smallest absolute Gasteiger partial charge is 0.295 e. The van der Waals surface area contributed by atoms with Crippen molar-refractivity contribution >= 4 is 29.1 Å². The number of Topliss-reactive ketones (excluding diaryl/α,β-unsaturated/α-hetero) is 1. The molecule has 0 radical (unpaired) electrons. The molecule has 8 heteroatoms. The number of aliphatic hydroxyl groups is 1. The zero-order valence-electron chi connectivity index (χ0n) is 17.3. The molecule has 7 nitrogen and oxygen atoms in total. The van der Waals surface area contributed by atoms with Crippen molar-refractivity contribution in [3.63, 3.8) is 0 Å². The van der Waals surface area contributed by atoms with Gasteiger partial charge in [-0.1, -0.05) is 23.7 Å². The second kappa shape index (κ2) is 8.61. The van der Waals surface area contributed by atoms with E-state index in [4.69, 9.17) is 21.1 Å². The molecular formula is C23H23ClN2O5. The molecular weight excluding hydrogens is 420 g/mol. The number of hydrogen-bond acceptors (Lipinski definition) is 6. The first-order chi connectivity index (χ1) is 14.9. The maximum absolute atomic E-state index is 13.0. The summed E-state index contributed by atoms with van der Waals surface area (Å²) in [5, 5.41) is 11.6. The Balaban J connectivity index is 1.79. The molecule has 1 fully saturated rings. The summed E-state index contributed by atoms with van der Waals surface area (Å²) in [5.41, 5.74) is 1.08. The lowest BCUT2D eigenvalue weighted by Crippen LogP contribution is -2.32. The zero-order chi connectivity index (χ0) is 22.1. The number of fused-ring (bicyclic) bond motifs is 1. The van der Waals surface area contributed by atoms with Gasteiger partial charge in [0.1, 0.15) is 5.76 Å². The third-order valence-electron chi connectivity index (χ3n) is 5.35. The summed E-state index contributed by atoms with van der Waals surface area (Å²) in [6.07, 6.45) is 0.682. The fraction of sp³-hybridized carbons (Fsp3) is 0.304. The van der Waals surface area contributed by atoms with Gasteiger partial charge >= 0.3 is 0 Å². The molecule has 2 aromatic rings. The van der Waals surface area contributed by atoms with Gasteiger partial charge in [-0.15, -0.1) is 0 Å². The van der Waals surface area contributed by atoms with Gasteiger partial charge < -0.3 is 24.4 Å². The Bertz CT molecular complexity index is 1070. The largest absolute Gasteiger partial charge is 0.507 e. The van der Waals surface area contributed by atoms with Gasteiger partial charge in [0.05, 0.1) is 11.6 Å². The van der Waals surface area contributed by atoms with Gasteiger partial charge in [-0.25, -0.2) is 0 Å². The molecule has 1 unspecified atom stereocenters. The fourth-order valence-corrected chi connectivity index (χ4v) is 4.09. The minimum Gasteiger partial charge on any atom is -0.507 e. The van der Waals surface area contributed by atoms with Crippen molar-refractivity contribution in [3.8, 4) is 11.5 Å². The molecule has 0 aromatic heterocycles. The molecule has 162 valence electrons. The standard InChI is InChI=1S/C23H23ClN2O5/c1-25(2)9-4-10-26-20(14-5-3-6-16(24)11-14)19(22(28)23(26)29)21(27)15-7-8-17-18(12-15)31-13-30-17/h3,5-8,11-12,20,27H,4,9-10,13H2,1-2H3/b21-19-. The third kappa shape index (κ3) is 4.11. The molecule has 1 amide bonds. The number of hydrogen-bond donors (Lipinski definition) is 1. The first-order valence-electron chi connectivity index (χ1n) is 9.95. The molecule has 0 saturated carbocycles. The summed E-state index contributed by atoms with van der Waals surface area (Å²) in [7, 11) is 3.89. The van der Waals surface area contributed by atoms with E-state index in [1.807, 2.05) is 19.0 Å². The lowest BCUT2D eigenvalue weighted by molar-refractivity contribution is -0.139. The second-order valence-corrected chi connectivity index (χ2v) is 8.21. The van der Waals surface area contributed by atoms with Gasteiger partial charge in [-0.3, -0.25) is 9.59 Å².